The number of amides is 1. The number of hydrogen-bond donors (Lipinski definition) is 2. The number of nitrogens with zero attached hydrogens (tertiary/aromatic N) is 1. The highest BCUT2D eigenvalue weighted by Gasteiger charge is 2.33. The van der Waals surface area contributed by atoms with Gasteiger partial charge >= 0.3 is 5.97 Å². The summed E-state index contributed by atoms with van der Waals surface area (Å²) in [7, 11) is 1.78. The normalized spacial score (nSPS) is 20.9. The third-order valence-electron chi connectivity index (χ3n) is 8.26. The maximum Gasteiger partial charge on any atom is 0.326 e. The summed E-state index contributed by atoms with van der Waals surface area (Å²) in [6.45, 7) is 4.31. The van der Waals surface area contributed by atoms with Crippen molar-refractivity contribution < 1.29 is 24.2 Å². The third-order valence-corrected chi connectivity index (χ3v) is 8.91. The molecule has 1 saturated carbocycles. The number of aliphatic carboxylic acids is 1. The van der Waals surface area contributed by atoms with Crippen molar-refractivity contribution in [2.75, 3.05) is 32.3 Å². The highest BCUT2D eigenvalue weighted by Crippen LogP contribution is 2.31. The third kappa shape index (κ3) is 8.09. The van der Waals surface area contributed by atoms with Gasteiger partial charge in [0.15, 0.2) is 0 Å². The van der Waals surface area contributed by atoms with Gasteiger partial charge in [-0.25, -0.2) is 4.79 Å². The van der Waals surface area contributed by atoms with Crippen LogP contribution in [-0.2, 0) is 20.8 Å². The van der Waals surface area contributed by atoms with E-state index in [9.17, 15) is 14.7 Å². The van der Waals surface area contributed by atoms with Gasteiger partial charge in [0.05, 0.1) is 18.8 Å². The molecule has 1 unspecified atom stereocenters. The molecule has 0 bridgehead atoms. The number of ether oxygens (including phenoxy) is 2. The van der Waals surface area contributed by atoms with Crippen LogP contribution in [0.3, 0.4) is 0 Å². The molecular weight excluding hydrogens is 524 g/mol. The lowest BCUT2D eigenvalue weighted by Gasteiger charge is -2.28. The van der Waals surface area contributed by atoms with Crippen molar-refractivity contribution in [1.82, 2.24) is 10.2 Å². The van der Waals surface area contributed by atoms with Gasteiger partial charge in [0, 0.05) is 31.8 Å². The molecule has 1 saturated heterocycles. The number of benzene rings is 2. The van der Waals surface area contributed by atoms with E-state index in [1.54, 1.807) is 18.9 Å². The van der Waals surface area contributed by atoms with Gasteiger partial charge in [0.2, 0.25) is 0 Å². The summed E-state index contributed by atoms with van der Waals surface area (Å²) in [5, 5.41) is 12.4. The quantitative estimate of drug-likeness (QED) is 0.328. The molecule has 1 aliphatic carbocycles. The second-order valence-electron chi connectivity index (χ2n) is 11.1. The molecule has 2 N–H and O–H groups in total. The fourth-order valence-electron chi connectivity index (χ4n) is 5.90. The van der Waals surface area contributed by atoms with E-state index in [1.807, 2.05) is 49.6 Å². The summed E-state index contributed by atoms with van der Waals surface area (Å²) < 4.78 is 12.1. The zero-order chi connectivity index (χ0) is 28.5. The predicted molar refractivity (Wildman–Crippen MR) is 161 cm³/mol. The lowest BCUT2D eigenvalue weighted by molar-refractivity contribution is -0.139. The van der Waals surface area contributed by atoms with Crippen LogP contribution in [0.4, 0.5) is 0 Å². The minimum absolute atomic E-state index is 0.176. The lowest BCUT2D eigenvalue weighted by atomic mass is 9.93. The summed E-state index contributed by atoms with van der Waals surface area (Å²) in [5.74, 6) is -0.720. The van der Waals surface area contributed by atoms with E-state index < -0.39 is 12.0 Å². The molecule has 0 radical (unpaired) electrons. The Morgan fingerprint density at radius 3 is 2.58 bits per heavy atom. The number of carboxylic acids is 1. The Hall–Kier alpha value is -2.39. The zero-order valence-electron chi connectivity index (χ0n) is 24.1. The number of carboxylic acid groups (broad SMARTS) is 1. The number of hydrogen-bond acceptors (Lipinski definition) is 6. The van der Waals surface area contributed by atoms with E-state index in [2.05, 4.69) is 16.3 Å². The molecule has 2 aromatic rings. The average Bonchev–Trinajstić information content (AvgIpc) is 3.36. The van der Waals surface area contributed by atoms with Gasteiger partial charge in [0.1, 0.15) is 6.04 Å². The zero-order valence-corrected chi connectivity index (χ0v) is 24.9. The molecule has 40 heavy (non-hydrogen) atoms. The van der Waals surface area contributed by atoms with Gasteiger partial charge < -0.3 is 19.9 Å². The first-order valence-corrected chi connectivity index (χ1v) is 15.9. The monoisotopic (exact) mass is 568 g/mol. The van der Waals surface area contributed by atoms with Crippen LogP contribution in [-0.4, -0.2) is 78.4 Å². The van der Waals surface area contributed by atoms with E-state index in [4.69, 9.17) is 9.47 Å². The average molecular weight is 569 g/mol. The number of carbonyl (C=O) groups excluding carboxylic acids is 1. The topological polar surface area (TPSA) is 88.1 Å². The molecule has 1 amide bonds. The number of nitrogens with one attached hydrogen (secondary N) is 1. The minimum Gasteiger partial charge on any atom is -0.480 e. The van der Waals surface area contributed by atoms with Crippen molar-refractivity contribution >= 4 is 23.6 Å². The van der Waals surface area contributed by atoms with Crippen LogP contribution in [0.25, 0.3) is 11.1 Å². The highest BCUT2D eigenvalue weighted by atomic mass is 32.2. The van der Waals surface area contributed by atoms with E-state index in [0.29, 0.717) is 30.4 Å². The van der Waals surface area contributed by atoms with Gasteiger partial charge in [-0.1, -0.05) is 49.6 Å². The van der Waals surface area contributed by atoms with Crippen LogP contribution in [0.15, 0.2) is 42.5 Å². The molecule has 8 heteroatoms. The Balaban J connectivity index is 1.56. The number of thioether (sulfide) groups is 1. The molecule has 2 aromatic carbocycles. The molecule has 7 nitrogen and oxygen atoms in total. The van der Waals surface area contributed by atoms with E-state index in [1.165, 1.54) is 19.3 Å². The van der Waals surface area contributed by atoms with Crippen LogP contribution < -0.4 is 5.32 Å². The second-order valence-corrected chi connectivity index (χ2v) is 12.1. The van der Waals surface area contributed by atoms with Gasteiger partial charge in [-0.3, -0.25) is 9.69 Å². The molecule has 4 rings (SSSR count). The summed E-state index contributed by atoms with van der Waals surface area (Å²) in [5.41, 5.74) is 4.44. The van der Waals surface area contributed by atoms with E-state index in [-0.39, 0.29) is 18.1 Å². The van der Waals surface area contributed by atoms with E-state index in [0.717, 1.165) is 54.6 Å². The smallest absolute Gasteiger partial charge is 0.326 e. The largest absolute Gasteiger partial charge is 0.480 e. The second kappa shape index (κ2) is 15.0. The van der Waals surface area contributed by atoms with Gasteiger partial charge in [-0.15, -0.1) is 0 Å². The summed E-state index contributed by atoms with van der Waals surface area (Å²) >= 11 is 1.57. The van der Waals surface area contributed by atoms with Crippen molar-refractivity contribution in [3.8, 4) is 11.1 Å². The highest BCUT2D eigenvalue weighted by molar-refractivity contribution is 7.98. The Kier molecular flexibility index (Phi) is 11.5. The van der Waals surface area contributed by atoms with Crippen LogP contribution in [0.2, 0.25) is 0 Å². The van der Waals surface area contributed by atoms with Crippen LogP contribution in [0.5, 0.6) is 0 Å². The molecule has 1 aliphatic heterocycles. The molecule has 1 heterocycles. The van der Waals surface area contributed by atoms with Crippen LogP contribution in [0, 0.1) is 6.92 Å². The number of rotatable bonds is 13. The SMILES string of the molecule is COC1C[C@H](COC2CCCCC2)N(Cc2ccc(C(=O)N[C@@H](CCSC)C(=O)O)c(-c3ccccc3C)c2)C1. The summed E-state index contributed by atoms with van der Waals surface area (Å²) in [6, 6.07) is 13.3. The van der Waals surface area contributed by atoms with Crippen molar-refractivity contribution in [3.63, 3.8) is 0 Å². The first kappa shape index (κ1) is 30.6. The number of likely N-dealkylation sites (tertiary alicyclic amines) is 1. The van der Waals surface area contributed by atoms with Crippen LogP contribution in [0.1, 0.15) is 66.4 Å². The maximum atomic E-state index is 13.4. The minimum atomic E-state index is -1.01. The first-order chi connectivity index (χ1) is 19.4. The number of carbonyl (C=O) groups is 2. The molecule has 2 aliphatic rings. The standard InChI is InChI=1S/C32H44N2O5S/c1-22-9-7-8-12-27(22)29-17-23(13-14-28(29)31(35)33-30(32(36)37)15-16-40-3)19-34-20-26(38-2)18-24(34)21-39-25-10-5-4-6-11-25/h7-9,12-14,17,24-26,30H,4-6,10-11,15-16,18-21H2,1-3H3,(H,33,35)(H,36,37)/t24-,26?,30+/m1/s1. The van der Waals surface area contributed by atoms with E-state index >= 15 is 0 Å². The number of methoxy groups -OCH3 is 1. The number of aryl methyl sites for hydroxylation is 1. The molecular formula is C32H44N2O5S. The fraction of sp³-hybridized carbons (Fsp3) is 0.562. The van der Waals surface area contributed by atoms with Gasteiger partial charge in [0.25, 0.3) is 5.91 Å². The molecule has 2 fully saturated rings. The van der Waals surface area contributed by atoms with Gasteiger partial charge in [-0.2, -0.15) is 11.8 Å². The van der Waals surface area contributed by atoms with Crippen LogP contribution >= 0.6 is 11.8 Å². The molecule has 0 aromatic heterocycles. The fourth-order valence-corrected chi connectivity index (χ4v) is 6.38. The van der Waals surface area contributed by atoms with Crippen molar-refractivity contribution in [2.24, 2.45) is 0 Å². The van der Waals surface area contributed by atoms with Crippen molar-refractivity contribution in [2.45, 2.75) is 82.7 Å². The Morgan fingerprint density at radius 2 is 1.88 bits per heavy atom. The Bertz CT molecular complexity index is 1140. The maximum absolute atomic E-state index is 13.4. The predicted octanol–water partition coefficient (Wildman–Crippen LogP) is 5.54. The summed E-state index contributed by atoms with van der Waals surface area (Å²) in [6.07, 6.45) is 9.93. The Morgan fingerprint density at radius 1 is 1.10 bits per heavy atom. The molecule has 0 spiro atoms. The first-order valence-electron chi connectivity index (χ1n) is 14.5. The Labute approximate surface area is 243 Å². The summed E-state index contributed by atoms with van der Waals surface area (Å²) in [4.78, 5) is 27.7. The molecule has 218 valence electrons. The van der Waals surface area contributed by atoms with Crippen molar-refractivity contribution in [1.29, 1.82) is 0 Å². The van der Waals surface area contributed by atoms with Gasteiger partial charge in [-0.05, 0) is 79.0 Å². The molecule has 3 atom stereocenters. The van der Waals surface area contributed by atoms with Crippen molar-refractivity contribution in [3.05, 3.63) is 59.2 Å². The lowest BCUT2D eigenvalue weighted by Crippen LogP contribution is -2.41.